The first-order chi connectivity index (χ1) is 36.9. The second-order valence-electron chi connectivity index (χ2n) is 20.8. The van der Waals surface area contributed by atoms with Gasteiger partial charge in [0.1, 0.15) is 0 Å². The Morgan fingerprint density at radius 3 is 1.64 bits per heavy atom. The Morgan fingerprint density at radius 1 is 0.267 bits per heavy atom. The van der Waals surface area contributed by atoms with Crippen LogP contribution in [0.5, 0.6) is 0 Å². The van der Waals surface area contributed by atoms with Crippen molar-refractivity contribution in [3.8, 4) is 66.8 Å². The van der Waals surface area contributed by atoms with Crippen LogP contribution in [0.1, 0.15) is 47.2 Å². The lowest BCUT2D eigenvalue weighted by molar-refractivity contribution is 0.660. The van der Waals surface area contributed by atoms with Gasteiger partial charge in [0.05, 0.1) is 11.1 Å². The van der Waals surface area contributed by atoms with Gasteiger partial charge in [-0.1, -0.05) is 250 Å². The van der Waals surface area contributed by atoms with Crippen molar-refractivity contribution in [2.45, 2.75) is 24.7 Å². The van der Waals surface area contributed by atoms with Crippen molar-refractivity contribution in [2.75, 3.05) is 4.90 Å². The Bertz CT molecular complexity index is 4140. The van der Waals surface area contributed by atoms with Crippen LogP contribution >= 0.6 is 0 Å². The molecule has 0 saturated heterocycles. The summed E-state index contributed by atoms with van der Waals surface area (Å²) in [5.41, 5.74) is 25.0. The fraction of sp³-hybridized carbons (Fsp3) is 0.0541. The van der Waals surface area contributed by atoms with Crippen molar-refractivity contribution in [1.82, 2.24) is 0 Å². The van der Waals surface area contributed by atoms with Crippen molar-refractivity contribution in [3.63, 3.8) is 0 Å². The molecule has 0 saturated carbocycles. The van der Waals surface area contributed by atoms with Gasteiger partial charge in [0, 0.05) is 22.4 Å². The molecule has 0 heterocycles. The normalized spacial score (nSPS) is 14.7. The first kappa shape index (κ1) is 44.4. The lowest BCUT2D eigenvalue weighted by Crippen LogP contribution is -2.28. The van der Waals surface area contributed by atoms with Crippen LogP contribution in [0.4, 0.5) is 17.1 Å². The Morgan fingerprint density at radius 2 is 0.813 bits per heavy atom. The molecule has 354 valence electrons. The maximum Gasteiger partial charge on any atom is 0.0714 e. The molecule has 0 aliphatic heterocycles. The molecule has 0 spiro atoms. The van der Waals surface area contributed by atoms with Gasteiger partial charge in [-0.25, -0.2) is 0 Å². The van der Waals surface area contributed by atoms with E-state index in [1.165, 1.54) is 105 Å². The molecule has 0 bridgehead atoms. The molecule has 0 amide bonds. The summed E-state index contributed by atoms with van der Waals surface area (Å²) in [4.78, 5) is 2.48. The molecule has 1 heteroatoms. The summed E-state index contributed by atoms with van der Waals surface area (Å²) in [7, 11) is 0. The fourth-order valence-electron chi connectivity index (χ4n) is 12.8. The number of hydrogen-bond acceptors (Lipinski definition) is 1. The van der Waals surface area contributed by atoms with E-state index in [9.17, 15) is 0 Å². The Kier molecular flexibility index (Phi) is 10.5. The summed E-state index contributed by atoms with van der Waals surface area (Å²) in [6.45, 7) is 4.74. The first-order valence-electron chi connectivity index (χ1n) is 26.2. The molecule has 2 aliphatic rings. The van der Waals surface area contributed by atoms with E-state index in [0.29, 0.717) is 0 Å². The van der Waals surface area contributed by atoms with Gasteiger partial charge in [-0.3, -0.25) is 0 Å². The molecule has 75 heavy (non-hydrogen) atoms. The minimum atomic E-state index is -0.614. The van der Waals surface area contributed by atoms with Crippen molar-refractivity contribution >= 4 is 27.8 Å². The van der Waals surface area contributed by atoms with E-state index < -0.39 is 5.41 Å². The van der Waals surface area contributed by atoms with Gasteiger partial charge >= 0.3 is 0 Å². The third kappa shape index (κ3) is 7.14. The van der Waals surface area contributed by atoms with Crippen LogP contribution in [0, 0.1) is 0 Å². The van der Waals surface area contributed by atoms with Crippen LogP contribution in [-0.4, -0.2) is 0 Å². The zero-order valence-electron chi connectivity index (χ0n) is 42.1. The number of fused-ring (bicyclic) bond motifs is 7. The van der Waals surface area contributed by atoms with Gasteiger partial charge in [-0.05, 0) is 154 Å². The molecule has 12 aromatic carbocycles. The standard InChI is InChI=1S/C74H53N/c1-73(2)68-37-16-14-35-64(68)65-43-41-60(49-70(65)73)75(72-38-17-15-34-63(72)52-23-8-4-9-24-52)59-32-19-28-54(46-59)55-40-44-69-67(47-55)66-42-39-56(62-36-20-26-51-25-12-13-33-61(51)62)48-71(66)74(69,57-29-10-5-11-30-57)58-31-18-27-53(45-58)50-21-6-3-7-22-50/h3-49H,1-2H3. The second-order valence-corrected chi connectivity index (χ2v) is 20.8. The summed E-state index contributed by atoms with van der Waals surface area (Å²) in [5.74, 6) is 0. The summed E-state index contributed by atoms with van der Waals surface area (Å²) >= 11 is 0. The molecular formula is C74H53N. The van der Waals surface area contributed by atoms with Gasteiger partial charge in [-0.15, -0.1) is 0 Å². The lowest BCUT2D eigenvalue weighted by Gasteiger charge is -2.34. The maximum absolute atomic E-state index is 2.50. The highest BCUT2D eigenvalue weighted by Crippen LogP contribution is 2.58. The minimum absolute atomic E-state index is 0.150. The summed E-state index contributed by atoms with van der Waals surface area (Å²) in [5, 5.41) is 2.49. The largest absolute Gasteiger partial charge is 0.310 e. The SMILES string of the molecule is CC1(C)c2ccccc2-c2ccc(N(c3cccc(-c4ccc5c(c4)-c4ccc(-c6cccc7ccccc67)cc4C5(c4ccccc4)c4cccc(-c5ccccc5)c4)c3)c3ccccc3-c3ccccc3)cc21. The molecule has 0 radical (unpaired) electrons. The van der Waals surface area contributed by atoms with Gasteiger partial charge in [0.15, 0.2) is 0 Å². The van der Waals surface area contributed by atoms with Crippen LogP contribution in [0.25, 0.3) is 77.5 Å². The van der Waals surface area contributed by atoms with Crippen molar-refractivity contribution in [2.24, 2.45) is 0 Å². The molecule has 1 nitrogen and oxygen atoms in total. The Hall–Kier alpha value is -9.30. The van der Waals surface area contributed by atoms with Crippen LogP contribution in [-0.2, 0) is 10.8 Å². The molecule has 0 N–H and O–H groups in total. The Balaban J connectivity index is 0.972. The smallest absolute Gasteiger partial charge is 0.0714 e. The van der Waals surface area contributed by atoms with E-state index in [2.05, 4.69) is 304 Å². The third-order valence-corrected chi connectivity index (χ3v) is 16.3. The predicted molar refractivity (Wildman–Crippen MR) is 315 cm³/mol. The monoisotopic (exact) mass is 955 g/mol. The van der Waals surface area contributed by atoms with Crippen molar-refractivity contribution in [3.05, 3.63) is 318 Å². The quantitative estimate of drug-likeness (QED) is 0.139. The molecular weight excluding hydrogens is 903 g/mol. The van der Waals surface area contributed by atoms with Gasteiger partial charge in [0.25, 0.3) is 0 Å². The Labute approximate surface area is 440 Å². The van der Waals surface area contributed by atoms with E-state index in [4.69, 9.17) is 0 Å². The first-order valence-corrected chi connectivity index (χ1v) is 26.2. The summed E-state index contributed by atoms with van der Waals surface area (Å²) in [6, 6.07) is 106. The number of rotatable bonds is 9. The van der Waals surface area contributed by atoms with E-state index in [1.807, 2.05) is 0 Å². The average Bonchev–Trinajstić information content (AvgIpc) is 3.97. The van der Waals surface area contributed by atoms with Crippen LogP contribution in [0.15, 0.2) is 285 Å². The van der Waals surface area contributed by atoms with E-state index in [1.54, 1.807) is 0 Å². The van der Waals surface area contributed by atoms with Gasteiger partial charge in [0.2, 0.25) is 0 Å². The topological polar surface area (TPSA) is 3.24 Å². The molecule has 14 rings (SSSR count). The van der Waals surface area contributed by atoms with Crippen LogP contribution in [0.3, 0.4) is 0 Å². The number of para-hydroxylation sites is 1. The molecule has 0 aromatic heterocycles. The summed E-state index contributed by atoms with van der Waals surface area (Å²) in [6.07, 6.45) is 0. The van der Waals surface area contributed by atoms with Gasteiger partial charge in [-0.2, -0.15) is 0 Å². The number of nitrogens with zero attached hydrogens (tertiary/aromatic N) is 1. The number of anilines is 3. The minimum Gasteiger partial charge on any atom is -0.310 e. The number of hydrogen-bond donors (Lipinski definition) is 0. The highest BCUT2D eigenvalue weighted by molar-refractivity contribution is 5.99. The molecule has 2 aliphatic carbocycles. The van der Waals surface area contributed by atoms with E-state index in [-0.39, 0.29) is 5.41 Å². The molecule has 1 unspecified atom stereocenters. The highest BCUT2D eigenvalue weighted by atomic mass is 15.1. The van der Waals surface area contributed by atoms with Gasteiger partial charge < -0.3 is 4.90 Å². The van der Waals surface area contributed by atoms with Crippen molar-refractivity contribution in [1.29, 1.82) is 0 Å². The molecule has 1 atom stereocenters. The van der Waals surface area contributed by atoms with Crippen LogP contribution < -0.4 is 4.90 Å². The predicted octanol–water partition coefficient (Wildman–Crippen LogP) is 19.6. The van der Waals surface area contributed by atoms with Crippen molar-refractivity contribution < 1.29 is 0 Å². The second kappa shape index (κ2) is 17.7. The average molecular weight is 956 g/mol. The third-order valence-electron chi connectivity index (χ3n) is 16.3. The van der Waals surface area contributed by atoms with E-state index in [0.717, 1.165) is 22.6 Å². The van der Waals surface area contributed by atoms with Crippen LogP contribution in [0.2, 0.25) is 0 Å². The molecule has 12 aromatic rings. The maximum atomic E-state index is 2.50. The zero-order chi connectivity index (χ0) is 50.1. The number of benzene rings is 12. The fourth-order valence-corrected chi connectivity index (χ4v) is 12.8. The lowest BCUT2D eigenvalue weighted by atomic mass is 9.67. The van der Waals surface area contributed by atoms with E-state index >= 15 is 0 Å². The highest BCUT2D eigenvalue weighted by Gasteiger charge is 2.47. The summed E-state index contributed by atoms with van der Waals surface area (Å²) < 4.78 is 0. The molecule has 0 fully saturated rings. The zero-order valence-corrected chi connectivity index (χ0v) is 42.1.